The van der Waals surface area contributed by atoms with Crippen molar-refractivity contribution in [3.05, 3.63) is 0 Å². The van der Waals surface area contributed by atoms with Crippen LogP contribution in [0.25, 0.3) is 0 Å². The molecule has 52 heavy (non-hydrogen) atoms. The van der Waals surface area contributed by atoms with E-state index in [1.165, 1.54) is 0 Å². The summed E-state index contributed by atoms with van der Waals surface area (Å²) in [5.41, 5.74) is -1.88. The number of amidine groups is 1. The van der Waals surface area contributed by atoms with Crippen molar-refractivity contribution in [3.63, 3.8) is 0 Å². The molecule has 0 fully saturated rings. The number of hydrogen-bond donors (Lipinski definition) is 6. The zero-order valence-electron chi connectivity index (χ0n) is 33.5. The van der Waals surface area contributed by atoms with Gasteiger partial charge in [-0.3, -0.25) is 14.9 Å². The molecule has 0 saturated heterocycles. The molecule has 0 saturated carbocycles. The number of carbonyl (C=O) groups is 5. The van der Waals surface area contributed by atoms with Gasteiger partial charge in [0.1, 0.15) is 23.2 Å². The van der Waals surface area contributed by atoms with Crippen molar-refractivity contribution in [2.24, 2.45) is 4.99 Å². The van der Waals surface area contributed by atoms with Gasteiger partial charge in [-0.1, -0.05) is 25.7 Å². The van der Waals surface area contributed by atoms with Crippen LogP contribution in [-0.4, -0.2) is 98.4 Å². The molecule has 0 bridgehead atoms. The van der Waals surface area contributed by atoms with E-state index in [2.05, 4.69) is 36.9 Å². The molecular formula is C36H69N7O9. The summed E-state index contributed by atoms with van der Waals surface area (Å²) >= 11 is 0. The fourth-order valence-electron chi connectivity index (χ4n) is 4.24. The highest BCUT2D eigenvalue weighted by atomic mass is 16.6. The molecule has 1 unspecified atom stereocenters. The lowest BCUT2D eigenvalue weighted by atomic mass is 10.1. The van der Waals surface area contributed by atoms with Crippen LogP contribution in [0, 0.1) is 0 Å². The van der Waals surface area contributed by atoms with Crippen LogP contribution >= 0.6 is 0 Å². The molecule has 0 rings (SSSR count). The molecular weight excluding hydrogens is 674 g/mol. The van der Waals surface area contributed by atoms with Crippen molar-refractivity contribution in [3.8, 4) is 0 Å². The van der Waals surface area contributed by atoms with E-state index in [0.29, 0.717) is 19.6 Å². The van der Waals surface area contributed by atoms with Gasteiger partial charge in [0.15, 0.2) is 6.73 Å². The fourth-order valence-corrected chi connectivity index (χ4v) is 4.24. The molecule has 0 aliphatic rings. The lowest BCUT2D eigenvalue weighted by molar-refractivity contribution is -0.129. The topological polar surface area (TPSA) is 207 Å². The van der Waals surface area contributed by atoms with Crippen molar-refractivity contribution in [2.45, 2.75) is 156 Å². The molecule has 16 nitrogen and oxygen atoms in total. The number of aliphatic imine (C=N–C) groups is 1. The molecule has 0 aliphatic heterocycles. The van der Waals surface area contributed by atoms with Crippen molar-refractivity contribution >= 4 is 36.1 Å². The first-order valence-corrected chi connectivity index (χ1v) is 18.5. The molecule has 0 spiro atoms. The first-order chi connectivity index (χ1) is 24.1. The third kappa shape index (κ3) is 33.3. The summed E-state index contributed by atoms with van der Waals surface area (Å²) in [6, 6.07) is -0.0654. The predicted octanol–water partition coefficient (Wildman–Crippen LogP) is 5.00. The molecule has 0 aromatic heterocycles. The number of alkyl carbamates (subject to hydrolysis) is 3. The molecule has 6 N–H and O–H groups in total. The maximum absolute atomic E-state index is 12.2. The second-order valence-electron chi connectivity index (χ2n) is 15.6. The van der Waals surface area contributed by atoms with E-state index < -0.39 is 35.1 Å². The van der Waals surface area contributed by atoms with Gasteiger partial charge in [-0.25, -0.2) is 24.7 Å². The first kappa shape index (κ1) is 48.2. The lowest BCUT2D eigenvalue weighted by Gasteiger charge is -2.22. The summed E-state index contributed by atoms with van der Waals surface area (Å²) in [5, 5.41) is 16.7. The van der Waals surface area contributed by atoms with E-state index in [0.717, 1.165) is 70.9 Å². The van der Waals surface area contributed by atoms with Crippen LogP contribution < -0.4 is 31.9 Å². The fraction of sp³-hybridized carbons (Fsp3) is 0.833. The Morgan fingerprint density at radius 3 is 1.63 bits per heavy atom. The van der Waals surface area contributed by atoms with E-state index in [4.69, 9.17) is 18.9 Å². The minimum Gasteiger partial charge on any atom is -0.444 e. The van der Waals surface area contributed by atoms with Gasteiger partial charge in [0.05, 0.1) is 0 Å². The zero-order chi connectivity index (χ0) is 39.6. The van der Waals surface area contributed by atoms with Crippen LogP contribution in [-0.2, 0) is 28.5 Å². The van der Waals surface area contributed by atoms with Gasteiger partial charge in [0.25, 0.3) is 6.02 Å². The number of nitrogens with one attached hydrogen (secondary N) is 6. The van der Waals surface area contributed by atoms with Crippen LogP contribution in [0.3, 0.4) is 0 Å². The predicted molar refractivity (Wildman–Crippen MR) is 201 cm³/mol. The van der Waals surface area contributed by atoms with Gasteiger partial charge < -0.3 is 40.2 Å². The Bertz CT molecular complexity index is 1100. The molecule has 0 aromatic carbocycles. The van der Waals surface area contributed by atoms with Crippen LogP contribution in [0.5, 0.6) is 0 Å². The molecule has 16 heteroatoms. The summed E-state index contributed by atoms with van der Waals surface area (Å²) in [6.07, 6.45) is 5.86. The maximum atomic E-state index is 12.2. The summed E-state index contributed by atoms with van der Waals surface area (Å²) in [5.74, 6) is -0.574. The standard InChI is InChI=1S/C36H69N7O9/c1-27(42-32(47)51-35(5,6)7)19-24-37-20-17-18-22-39-29(45)25-28(44)38-21-15-13-11-12-14-16-23-40-30(43-33(48)52-36(8,9)10)49-26-41-31(46)50-34(2,3)4/h27,37H,11-26H2,1-10H3,(H,38,44)(H,39,45)(H,41,46)(H,42,47)(H,40,43,48). The Morgan fingerprint density at radius 2 is 1.06 bits per heavy atom. The summed E-state index contributed by atoms with van der Waals surface area (Å²) in [6.45, 7) is 20.6. The molecule has 1 atom stereocenters. The highest BCUT2D eigenvalue weighted by molar-refractivity contribution is 5.96. The lowest BCUT2D eigenvalue weighted by Crippen LogP contribution is -2.40. The number of carbonyl (C=O) groups excluding carboxylic acids is 5. The molecule has 5 amide bonds. The van der Waals surface area contributed by atoms with Gasteiger partial charge in [-0.05, 0) is 114 Å². The van der Waals surface area contributed by atoms with Gasteiger partial charge in [-0.2, -0.15) is 0 Å². The Labute approximate surface area is 311 Å². The SMILES string of the molecule is CC(CCNCCCCNC(=O)CC(=O)NCCCCCCCCN=C(NC(=O)OC(C)(C)C)OCNC(=O)OC(C)(C)C)NC(=O)OC(C)(C)C. The maximum Gasteiger partial charge on any atom is 0.415 e. The Hall–Kier alpha value is -3.82. The smallest absolute Gasteiger partial charge is 0.415 e. The Kier molecular flexibility index (Phi) is 24.1. The highest BCUT2D eigenvalue weighted by Crippen LogP contribution is 2.09. The third-order valence-electron chi connectivity index (χ3n) is 6.54. The van der Waals surface area contributed by atoms with E-state index in [-0.39, 0.29) is 37.0 Å². The summed E-state index contributed by atoms with van der Waals surface area (Å²) < 4.78 is 21.1. The second-order valence-corrected chi connectivity index (χ2v) is 15.6. The third-order valence-corrected chi connectivity index (χ3v) is 6.54. The largest absolute Gasteiger partial charge is 0.444 e. The van der Waals surface area contributed by atoms with Gasteiger partial charge >= 0.3 is 18.3 Å². The van der Waals surface area contributed by atoms with Crippen LogP contribution in [0.1, 0.15) is 133 Å². The quantitative estimate of drug-likeness (QED) is 0.0218. The van der Waals surface area contributed by atoms with Gasteiger partial charge in [0, 0.05) is 25.7 Å². The molecule has 302 valence electrons. The number of hydrogen-bond acceptors (Lipinski definition) is 11. The van der Waals surface area contributed by atoms with Crippen molar-refractivity contribution in [2.75, 3.05) is 39.5 Å². The van der Waals surface area contributed by atoms with Crippen LogP contribution in [0.2, 0.25) is 0 Å². The first-order valence-electron chi connectivity index (χ1n) is 18.5. The van der Waals surface area contributed by atoms with E-state index in [1.807, 2.05) is 27.7 Å². The molecule has 0 aliphatic carbocycles. The van der Waals surface area contributed by atoms with Crippen molar-refractivity contribution < 1.29 is 42.9 Å². The van der Waals surface area contributed by atoms with Gasteiger partial charge in [-0.15, -0.1) is 0 Å². The average molecular weight is 744 g/mol. The van der Waals surface area contributed by atoms with E-state index in [9.17, 15) is 24.0 Å². The van der Waals surface area contributed by atoms with Crippen LogP contribution in [0.4, 0.5) is 14.4 Å². The second kappa shape index (κ2) is 26.0. The summed E-state index contributed by atoms with van der Waals surface area (Å²) in [4.78, 5) is 64.3. The number of nitrogens with zero attached hydrogens (tertiary/aromatic N) is 1. The monoisotopic (exact) mass is 744 g/mol. The average Bonchev–Trinajstić information content (AvgIpc) is 2.96. The molecule has 0 heterocycles. The Balaban J connectivity index is 4.02. The van der Waals surface area contributed by atoms with Gasteiger partial charge in [0.2, 0.25) is 11.8 Å². The number of amides is 5. The normalized spacial score (nSPS) is 12.6. The minimum absolute atomic E-state index is 0.00651. The van der Waals surface area contributed by atoms with Crippen LogP contribution in [0.15, 0.2) is 4.99 Å². The minimum atomic E-state index is -0.717. The summed E-state index contributed by atoms with van der Waals surface area (Å²) in [7, 11) is 0. The molecule has 0 aromatic rings. The molecule has 0 radical (unpaired) electrons. The Morgan fingerprint density at radius 1 is 0.577 bits per heavy atom. The number of ether oxygens (including phenoxy) is 4. The number of rotatable bonds is 22. The van der Waals surface area contributed by atoms with Crippen molar-refractivity contribution in [1.82, 2.24) is 31.9 Å². The van der Waals surface area contributed by atoms with Crippen molar-refractivity contribution in [1.29, 1.82) is 0 Å². The van der Waals surface area contributed by atoms with E-state index in [1.54, 1.807) is 41.5 Å². The number of unbranched alkanes of at least 4 members (excludes halogenated alkanes) is 6. The van der Waals surface area contributed by atoms with E-state index >= 15 is 0 Å². The highest BCUT2D eigenvalue weighted by Gasteiger charge is 2.20. The zero-order valence-corrected chi connectivity index (χ0v) is 33.5.